The molecule has 5 heteroatoms. The van der Waals surface area contributed by atoms with Crippen molar-refractivity contribution in [3.8, 4) is 0 Å². The molecule has 1 N–H and O–H groups in total. The lowest BCUT2D eigenvalue weighted by molar-refractivity contribution is 0.530. The Balaban J connectivity index is 2.05. The number of nitrogens with zero attached hydrogens (tertiary/aromatic N) is 1. The standard InChI is InChI=1S/C15H15BrF2N2/c1-2-10-4-3-7-20-14(10)9-19-8-11-13(17)6-5-12(16)15(11)18/h3-7,19H,2,8-9H2,1H3. The molecule has 0 aliphatic heterocycles. The summed E-state index contributed by atoms with van der Waals surface area (Å²) in [6.45, 7) is 2.65. The molecule has 0 atom stereocenters. The highest BCUT2D eigenvalue weighted by Crippen LogP contribution is 2.21. The summed E-state index contributed by atoms with van der Waals surface area (Å²) in [5.41, 5.74) is 2.08. The van der Waals surface area contributed by atoms with E-state index < -0.39 is 11.6 Å². The third-order valence-corrected chi connectivity index (χ3v) is 3.71. The molecule has 2 aromatic rings. The zero-order valence-corrected chi connectivity index (χ0v) is 12.7. The Kier molecular flexibility index (Phi) is 5.20. The van der Waals surface area contributed by atoms with Gasteiger partial charge in [0.15, 0.2) is 0 Å². The quantitative estimate of drug-likeness (QED) is 0.833. The Morgan fingerprint density at radius 2 is 2.00 bits per heavy atom. The number of benzene rings is 1. The predicted molar refractivity (Wildman–Crippen MR) is 78.2 cm³/mol. The maximum absolute atomic E-state index is 13.8. The topological polar surface area (TPSA) is 24.9 Å². The van der Waals surface area contributed by atoms with E-state index in [0.29, 0.717) is 6.54 Å². The molecule has 0 aliphatic rings. The van der Waals surface area contributed by atoms with Gasteiger partial charge in [0, 0.05) is 24.8 Å². The number of rotatable bonds is 5. The summed E-state index contributed by atoms with van der Waals surface area (Å²) in [7, 11) is 0. The highest BCUT2D eigenvalue weighted by molar-refractivity contribution is 9.10. The first-order valence-electron chi connectivity index (χ1n) is 6.39. The Morgan fingerprint density at radius 3 is 2.75 bits per heavy atom. The van der Waals surface area contributed by atoms with E-state index in [0.717, 1.165) is 17.7 Å². The van der Waals surface area contributed by atoms with Gasteiger partial charge in [-0.2, -0.15) is 0 Å². The van der Waals surface area contributed by atoms with Crippen LogP contribution in [0.25, 0.3) is 0 Å². The zero-order chi connectivity index (χ0) is 14.5. The summed E-state index contributed by atoms with van der Waals surface area (Å²) in [4.78, 5) is 4.28. The van der Waals surface area contributed by atoms with Crippen molar-refractivity contribution >= 4 is 15.9 Å². The maximum Gasteiger partial charge on any atom is 0.144 e. The van der Waals surface area contributed by atoms with Gasteiger partial charge in [0.1, 0.15) is 11.6 Å². The molecule has 1 heterocycles. The fourth-order valence-corrected chi connectivity index (χ4v) is 2.36. The van der Waals surface area contributed by atoms with Crippen LogP contribution in [0.2, 0.25) is 0 Å². The minimum atomic E-state index is -0.561. The molecular weight excluding hydrogens is 326 g/mol. The molecule has 0 amide bonds. The van der Waals surface area contributed by atoms with Crippen molar-refractivity contribution in [2.45, 2.75) is 26.4 Å². The van der Waals surface area contributed by atoms with Crippen molar-refractivity contribution in [2.24, 2.45) is 0 Å². The van der Waals surface area contributed by atoms with Gasteiger partial charge in [-0.15, -0.1) is 0 Å². The highest BCUT2D eigenvalue weighted by atomic mass is 79.9. The van der Waals surface area contributed by atoms with Crippen LogP contribution in [0.3, 0.4) is 0 Å². The first-order valence-corrected chi connectivity index (χ1v) is 7.18. The van der Waals surface area contributed by atoms with E-state index in [1.165, 1.54) is 12.1 Å². The van der Waals surface area contributed by atoms with Crippen LogP contribution in [0.5, 0.6) is 0 Å². The molecule has 0 radical (unpaired) electrons. The molecule has 0 fully saturated rings. The minimum absolute atomic E-state index is 0.0355. The van der Waals surface area contributed by atoms with Crippen LogP contribution in [-0.2, 0) is 19.5 Å². The third kappa shape index (κ3) is 3.41. The summed E-state index contributed by atoms with van der Waals surface area (Å²) in [6.07, 6.45) is 2.60. The summed E-state index contributed by atoms with van der Waals surface area (Å²) in [5.74, 6) is -1.11. The van der Waals surface area contributed by atoms with Crippen molar-refractivity contribution in [2.75, 3.05) is 0 Å². The predicted octanol–water partition coefficient (Wildman–Crippen LogP) is 3.97. The average molecular weight is 341 g/mol. The first kappa shape index (κ1) is 15.1. The second kappa shape index (κ2) is 6.90. The normalized spacial score (nSPS) is 10.8. The molecule has 0 bridgehead atoms. The highest BCUT2D eigenvalue weighted by Gasteiger charge is 2.12. The molecule has 0 spiro atoms. The molecular formula is C15H15BrF2N2. The van der Waals surface area contributed by atoms with E-state index in [2.05, 4.69) is 26.2 Å². The maximum atomic E-state index is 13.8. The zero-order valence-electron chi connectivity index (χ0n) is 11.1. The van der Waals surface area contributed by atoms with E-state index in [4.69, 9.17) is 0 Å². The van der Waals surface area contributed by atoms with Crippen LogP contribution in [-0.4, -0.2) is 4.98 Å². The summed E-state index contributed by atoms with van der Waals surface area (Å²) >= 11 is 3.06. The van der Waals surface area contributed by atoms with Crippen molar-refractivity contribution in [3.63, 3.8) is 0 Å². The smallest absolute Gasteiger partial charge is 0.144 e. The Morgan fingerprint density at radius 1 is 1.20 bits per heavy atom. The first-order chi connectivity index (χ1) is 9.63. The van der Waals surface area contributed by atoms with E-state index in [-0.39, 0.29) is 16.6 Å². The van der Waals surface area contributed by atoms with Crippen LogP contribution in [0, 0.1) is 11.6 Å². The second-order valence-corrected chi connectivity index (χ2v) is 5.24. The van der Waals surface area contributed by atoms with Gasteiger partial charge in [0.25, 0.3) is 0 Å². The van der Waals surface area contributed by atoms with Gasteiger partial charge in [-0.3, -0.25) is 4.98 Å². The van der Waals surface area contributed by atoms with E-state index >= 15 is 0 Å². The summed E-state index contributed by atoms with van der Waals surface area (Å²) in [6, 6.07) is 6.50. The summed E-state index contributed by atoms with van der Waals surface area (Å²) in [5, 5.41) is 3.04. The third-order valence-electron chi connectivity index (χ3n) is 3.10. The van der Waals surface area contributed by atoms with Gasteiger partial charge in [-0.1, -0.05) is 13.0 Å². The number of hydrogen-bond acceptors (Lipinski definition) is 2. The van der Waals surface area contributed by atoms with Gasteiger partial charge >= 0.3 is 0 Å². The molecule has 1 aromatic heterocycles. The molecule has 106 valence electrons. The molecule has 2 rings (SSSR count). The Labute approximate surface area is 125 Å². The molecule has 1 aromatic carbocycles. The molecule has 20 heavy (non-hydrogen) atoms. The lowest BCUT2D eigenvalue weighted by atomic mass is 10.1. The Hall–Kier alpha value is -1.33. The largest absolute Gasteiger partial charge is 0.307 e. The number of aromatic nitrogens is 1. The van der Waals surface area contributed by atoms with Crippen LogP contribution in [0.15, 0.2) is 34.9 Å². The van der Waals surface area contributed by atoms with E-state index in [1.54, 1.807) is 6.20 Å². The number of nitrogens with one attached hydrogen (secondary N) is 1. The van der Waals surface area contributed by atoms with Crippen LogP contribution < -0.4 is 5.32 Å². The molecule has 0 aliphatic carbocycles. The van der Waals surface area contributed by atoms with Crippen LogP contribution in [0.1, 0.15) is 23.7 Å². The van der Waals surface area contributed by atoms with Crippen molar-refractivity contribution in [3.05, 3.63) is 63.4 Å². The number of halogens is 3. The van der Waals surface area contributed by atoms with Gasteiger partial charge in [-0.25, -0.2) is 8.78 Å². The van der Waals surface area contributed by atoms with Crippen molar-refractivity contribution in [1.82, 2.24) is 10.3 Å². The molecule has 0 saturated carbocycles. The fourth-order valence-electron chi connectivity index (χ4n) is 1.99. The van der Waals surface area contributed by atoms with Gasteiger partial charge < -0.3 is 5.32 Å². The number of aryl methyl sites for hydroxylation is 1. The van der Waals surface area contributed by atoms with Crippen LogP contribution in [0.4, 0.5) is 8.78 Å². The van der Waals surface area contributed by atoms with Gasteiger partial charge in [0.2, 0.25) is 0 Å². The lowest BCUT2D eigenvalue weighted by Gasteiger charge is -2.10. The fraction of sp³-hybridized carbons (Fsp3) is 0.267. The number of pyridine rings is 1. The molecule has 0 saturated heterocycles. The minimum Gasteiger partial charge on any atom is -0.307 e. The van der Waals surface area contributed by atoms with E-state index in [9.17, 15) is 8.78 Å². The molecule has 0 unspecified atom stereocenters. The summed E-state index contributed by atoms with van der Waals surface area (Å²) < 4.78 is 27.6. The second-order valence-electron chi connectivity index (χ2n) is 4.39. The SMILES string of the molecule is CCc1cccnc1CNCc1c(F)ccc(Br)c1F. The van der Waals surface area contributed by atoms with Crippen molar-refractivity contribution < 1.29 is 8.78 Å². The lowest BCUT2D eigenvalue weighted by Crippen LogP contribution is -2.17. The molecule has 2 nitrogen and oxygen atoms in total. The number of hydrogen-bond donors (Lipinski definition) is 1. The monoisotopic (exact) mass is 340 g/mol. The van der Waals surface area contributed by atoms with Crippen molar-refractivity contribution in [1.29, 1.82) is 0 Å². The van der Waals surface area contributed by atoms with Gasteiger partial charge in [-0.05, 0) is 46.1 Å². The van der Waals surface area contributed by atoms with Crippen LogP contribution >= 0.6 is 15.9 Å². The van der Waals surface area contributed by atoms with E-state index in [1.807, 2.05) is 19.1 Å². The average Bonchev–Trinajstić information content (AvgIpc) is 2.47. The van der Waals surface area contributed by atoms with Gasteiger partial charge in [0.05, 0.1) is 10.2 Å². The Bertz CT molecular complexity index is 602.